The molecule has 2 aromatic heterocycles. The summed E-state index contributed by atoms with van der Waals surface area (Å²) in [6.07, 6.45) is 6.58. The van der Waals surface area contributed by atoms with Crippen molar-refractivity contribution in [2.24, 2.45) is 0 Å². The molecule has 0 spiro atoms. The minimum atomic E-state index is 0.906. The van der Waals surface area contributed by atoms with Crippen LogP contribution in [0.25, 0.3) is 84.0 Å². The molecule has 0 atom stereocenters. The number of fused-ring (bicyclic) bond motifs is 6. The molecular weight excluding hydrogens is 693 g/mol. The van der Waals surface area contributed by atoms with Gasteiger partial charge in [-0.25, -0.2) is 0 Å². The van der Waals surface area contributed by atoms with Crippen LogP contribution in [0.15, 0.2) is 199 Å². The number of rotatable bonds is 7. The van der Waals surface area contributed by atoms with Gasteiger partial charge in [-0.1, -0.05) is 140 Å². The second-order valence-corrected chi connectivity index (χ2v) is 14.8. The normalized spacial score (nSPS) is 12.4. The average Bonchev–Trinajstić information content (AvgIpc) is 3.83. The standard InChI is InChI=1S/C54H38N2O/c1-3-14-37(15-4-1)38-26-30-41(31-27-38)55(43-34-35-48-47-20-9-12-25-52(47)57-53(48)36-43)42-32-28-39(29-33-42)44-21-13-24-51(54(44)40-16-5-2-6-17-40)56-49-22-10-7-18-45(49)46-19-8-11-23-50(46)56/h1-8,10-11,13-36H,9,12H2. The zero-order valence-electron chi connectivity index (χ0n) is 31.3. The molecule has 0 aliphatic heterocycles. The summed E-state index contributed by atoms with van der Waals surface area (Å²) >= 11 is 0. The maximum absolute atomic E-state index is 6.44. The molecule has 0 fully saturated rings. The highest BCUT2D eigenvalue weighted by atomic mass is 16.3. The Kier molecular flexibility index (Phi) is 7.96. The molecule has 0 bridgehead atoms. The summed E-state index contributed by atoms with van der Waals surface area (Å²) in [4.78, 5) is 2.33. The van der Waals surface area contributed by atoms with E-state index >= 15 is 0 Å². The van der Waals surface area contributed by atoms with Gasteiger partial charge in [0.1, 0.15) is 11.0 Å². The van der Waals surface area contributed by atoms with Crippen molar-refractivity contribution in [2.75, 3.05) is 4.90 Å². The Morgan fingerprint density at radius 2 is 0.982 bits per heavy atom. The maximum atomic E-state index is 6.44. The van der Waals surface area contributed by atoms with E-state index in [0.29, 0.717) is 0 Å². The van der Waals surface area contributed by atoms with Crippen molar-refractivity contribution in [1.82, 2.24) is 4.57 Å². The molecule has 0 N–H and O–H groups in total. The van der Waals surface area contributed by atoms with Crippen LogP contribution >= 0.6 is 0 Å². The van der Waals surface area contributed by atoms with E-state index in [9.17, 15) is 0 Å². The number of hydrogen-bond acceptors (Lipinski definition) is 2. The topological polar surface area (TPSA) is 21.3 Å². The van der Waals surface area contributed by atoms with Gasteiger partial charge in [-0.2, -0.15) is 0 Å². The molecule has 270 valence electrons. The molecule has 0 amide bonds. The van der Waals surface area contributed by atoms with E-state index in [1.54, 1.807) is 0 Å². The molecule has 0 saturated heterocycles. The summed E-state index contributed by atoms with van der Waals surface area (Å²) in [6.45, 7) is 0. The number of hydrogen-bond donors (Lipinski definition) is 0. The molecular formula is C54H38N2O. The zero-order valence-corrected chi connectivity index (χ0v) is 31.3. The van der Waals surface area contributed by atoms with Crippen molar-refractivity contribution < 1.29 is 4.42 Å². The number of para-hydroxylation sites is 2. The van der Waals surface area contributed by atoms with Gasteiger partial charge in [-0.15, -0.1) is 0 Å². The molecule has 57 heavy (non-hydrogen) atoms. The fourth-order valence-electron chi connectivity index (χ4n) is 8.80. The lowest BCUT2D eigenvalue weighted by atomic mass is 9.92. The van der Waals surface area contributed by atoms with Gasteiger partial charge < -0.3 is 13.9 Å². The number of nitrogens with zero attached hydrogens (tertiary/aromatic N) is 2. The lowest BCUT2D eigenvalue weighted by Crippen LogP contribution is -2.21. The Morgan fingerprint density at radius 1 is 0.421 bits per heavy atom. The summed E-state index contributed by atoms with van der Waals surface area (Å²) < 4.78 is 8.88. The third-order valence-corrected chi connectivity index (χ3v) is 11.4. The molecule has 0 radical (unpaired) electrons. The minimum absolute atomic E-state index is 0.906. The van der Waals surface area contributed by atoms with E-state index in [1.807, 2.05) is 0 Å². The lowest BCUT2D eigenvalue weighted by molar-refractivity contribution is 0.572. The molecule has 1 aliphatic carbocycles. The van der Waals surface area contributed by atoms with E-state index in [0.717, 1.165) is 57.5 Å². The quantitative estimate of drug-likeness (QED) is 0.163. The first-order chi connectivity index (χ1) is 28.3. The van der Waals surface area contributed by atoms with Gasteiger partial charge in [0.15, 0.2) is 0 Å². The zero-order chi connectivity index (χ0) is 37.7. The Bertz CT molecular complexity index is 3160. The van der Waals surface area contributed by atoms with Gasteiger partial charge >= 0.3 is 0 Å². The second-order valence-electron chi connectivity index (χ2n) is 14.8. The van der Waals surface area contributed by atoms with Crippen LogP contribution in [0.2, 0.25) is 0 Å². The molecule has 0 unspecified atom stereocenters. The van der Waals surface area contributed by atoms with Gasteiger partial charge in [-0.05, 0) is 101 Å². The molecule has 2 heterocycles. The molecule has 11 rings (SSSR count). The first kappa shape index (κ1) is 33.0. The van der Waals surface area contributed by atoms with Crippen molar-refractivity contribution in [3.63, 3.8) is 0 Å². The monoisotopic (exact) mass is 730 g/mol. The predicted octanol–water partition coefficient (Wildman–Crippen LogP) is 13.4. The van der Waals surface area contributed by atoms with Gasteiger partial charge in [0, 0.05) is 50.1 Å². The highest BCUT2D eigenvalue weighted by molar-refractivity contribution is 6.10. The Labute approximate surface area is 331 Å². The Balaban J connectivity index is 1.06. The molecule has 3 heteroatoms. The summed E-state index contributed by atoms with van der Waals surface area (Å²) in [5.41, 5.74) is 15.7. The van der Waals surface area contributed by atoms with Crippen LogP contribution in [0, 0.1) is 0 Å². The molecule has 8 aromatic carbocycles. The second kappa shape index (κ2) is 13.7. The van der Waals surface area contributed by atoms with Gasteiger partial charge in [-0.3, -0.25) is 0 Å². The van der Waals surface area contributed by atoms with Crippen molar-refractivity contribution in [2.45, 2.75) is 12.8 Å². The van der Waals surface area contributed by atoms with E-state index in [2.05, 4.69) is 216 Å². The molecule has 0 saturated carbocycles. The van der Waals surface area contributed by atoms with E-state index in [4.69, 9.17) is 4.42 Å². The van der Waals surface area contributed by atoms with Crippen molar-refractivity contribution >= 4 is 62.0 Å². The van der Waals surface area contributed by atoms with Crippen LogP contribution in [0.4, 0.5) is 17.1 Å². The third kappa shape index (κ3) is 5.67. The SMILES string of the molecule is C1=c2oc3cc(N(c4ccc(-c5ccccc5)cc4)c4ccc(-c5cccc(-n6c7ccccc7c7ccccc76)c5-c5ccccc5)cc4)ccc3c2=CCC1. The summed E-state index contributed by atoms with van der Waals surface area (Å²) in [5.74, 6) is 0. The van der Waals surface area contributed by atoms with Crippen LogP contribution < -0.4 is 15.5 Å². The fraction of sp³-hybridized carbons (Fsp3) is 0.0370. The van der Waals surface area contributed by atoms with Crippen molar-refractivity contribution in [1.29, 1.82) is 0 Å². The van der Waals surface area contributed by atoms with Crippen LogP contribution in [0.5, 0.6) is 0 Å². The predicted molar refractivity (Wildman–Crippen MR) is 239 cm³/mol. The highest BCUT2D eigenvalue weighted by Crippen LogP contribution is 2.43. The van der Waals surface area contributed by atoms with E-state index < -0.39 is 0 Å². The Morgan fingerprint density at radius 3 is 1.67 bits per heavy atom. The van der Waals surface area contributed by atoms with Gasteiger partial charge in [0.2, 0.25) is 0 Å². The first-order valence-electron chi connectivity index (χ1n) is 19.7. The summed E-state index contributed by atoms with van der Waals surface area (Å²) in [6, 6.07) is 70.1. The Hall–Kier alpha value is -7.36. The molecule has 10 aromatic rings. The van der Waals surface area contributed by atoms with Crippen LogP contribution in [0.1, 0.15) is 12.8 Å². The number of furan rings is 1. The third-order valence-electron chi connectivity index (χ3n) is 11.4. The van der Waals surface area contributed by atoms with Gasteiger partial charge in [0.05, 0.1) is 16.7 Å². The van der Waals surface area contributed by atoms with E-state index in [1.165, 1.54) is 54.8 Å². The van der Waals surface area contributed by atoms with Gasteiger partial charge in [0.25, 0.3) is 0 Å². The van der Waals surface area contributed by atoms with Crippen molar-refractivity contribution in [3.05, 3.63) is 205 Å². The minimum Gasteiger partial charge on any atom is -0.456 e. The average molecular weight is 731 g/mol. The molecule has 1 aliphatic rings. The summed E-state index contributed by atoms with van der Waals surface area (Å²) in [7, 11) is 0. The first-order valence-corrected chi connectivity index (χ1v) is 19.7. The largest absolute Gasteiger partial charge is 0.456 e. The number of benzene rings is 8. The smallest absolute Gasteiger partial charge is 0.137 e. The maximum Gasteiger partial charge on any atom is 0.137 e. The van der Waals surface area contributed by atoms with Crippen LogP contribution in [-0.2, 0) is 0 Å². The number of anilines is 3. The fourth-order valence-corrected chi connectivity index (χ4v) is 8.80. The summed E-state index contributed by atoms with van der Waals surface area (Å²) in [5, 5.41) is 4.88. The lowest BCUT2D eigenvalue weighted by Gasteiger charge is -2.26. The number of aromatic nitrogens is 1. The molecule has 3 nitrogen and oxygen atoms in total. The van der Waals surface area contributed by atoms with Crippen LogP contribution in [0.3, 0.4) is 0 Å². The van der Waals surface area contributed by atoms with Crippen molar-refractivity contribution in [3.8, 4) is 39.1 Å². The highest BCUT2D eigenvalue weighted by Gasteiger charge is 2.20. The van der Waals surface area contributed by atoms with Crippen LogP contribution in [-0.4, -0.2) is 4.57 Å². The van der Waals surface area contributed by atoms with E-state index in [-0.39, 0.29) is 0 Å².